The first-order valence-corrected chi connectivity index (χ1v) is 8.51. The van der Waals surface area contributed by atoms with E-state index in [-0.39, 0.29) is 11.8 Å². The van der Waals surface area contributed by atoms with Gasteiger partial charge < -0.3 is 10.2 Å². The number of anilines is 1. The van der Waals surface area contributed by atoms with Crippen LogP contribution in [0.1, 0.15) is 44.2 Å². The van der Waals surface area contributed by atoms with Crippen molar-refractivity contribution in [2.75, 3.05) is 24.5 Å². The molecule has 2 heterocycles. The van der Waals surface area contributed by atoms with Gasteiger partial charge in [-0.1, -0.05) is 12.8 Å². The third kappa shape index (κ3) is 3.79. The second-order valence-electron chi connectivity index (χ2n) is 6.50. The Morgan fingerprint density at radius 3 is 2.61 bits per heavy atom. The van der Waals surface area contributed by atoms with Gasteiger partial charge in [0.05, 0.1) is 0 Å². The predicted molar refractivity (Wildman–Crippen MR) is 86.7 cm³/mol. The first kappa shape index (κ1) is 15.7. The van der Waals surface area contributed by atoms with Gasteiger partial charge in [0, 0.05) is 37.9 Å². The van der Waals surface area contributed by atoms with E-state index in [0.717, 1.165) is 45.3 Å². The number of rotatable bonds is 4. The molecule has 1 N–H and O–H groups in total. The Bertz CT molecular complexity index is 583. The molecular formula is C17H23N5O. The Balaban J connectivity index is 1.47. The topological polar surface area (TPSA) is 81.9 Å². The molecule has 1 aliphatic heterocycles. The van der Waals surface area contributed by atoms with E-state index < -0.39 is 0 Å². The summed E-state index contributed by atoms with van der Waals surface area (Å²) in [7, 11) is 0. The number of nitrogens with zero attached hydrogens (tertiary/aromatic N) is 4. The fraction of sp³-hybridized carbons (Fsp3) is 0.647. The van der Waals surface area contributed by atoms with E-state index in [0.29, 0.717) is 17.4 Å². The number of carbonyl (C=O) groups is 1. The maximum atomic E-state index is 12.1. The van der Waals surface area contributed by atoms with Gasteiger partial charge >= 0.3 is 0 Å². The zero-order valence-corrected chi connectivity index (χ0v) is 13.4. The second kappa shape index (κ2) is 7.40. The van der Waals surface area contributed by atoms with Crippen molar-refractivity contribution in [1.29, 1.82) is 5.26 Å². The normalized spacial score (nSPS) is 19.5. The highest BCUT2D eigenvalue weighted by Crippen LogP contribution is 2.26. The van der Waals surface area contributed by atoms with Crippen molar-refractivity contribution in [2.45, 2.75) is 38.5 Å². The number of nitrogens with one attached hydrogen (secondary N) is 1. The summed E-state index contributed by atoms with van der Waals surface area (Å²) >= 11 is 0. The molecule has 0 atom stereocenters. The van der Waals surface area contributed by atoms with Crippen molar-refractivity contribution in [3.8, 4) is 6.07 Å². The highest BCUT2D eigenvalue weighted by atomic mass is 16.1. The average molecular weight is 313 g/mol. The van der Waals surface area contributed by atoms with Crippen molar-refractivity contribution in [3.05, 3.63) is 18.1 Å². The van der Waals surface area contributed by atoms with Crippen LogP contribution in [0.3, 0.4) is 0 Å². The van der Waals surface area contributed by atoms with Crippen LogP contribution in [0.2, 0.25) is 0 Å². The molecule has 3 rings (SSSR count). The zero-order chi connectivity index (χ0) is 16.1. The third-order valence-electron chi connectivity index (χ3n) is 4.99. The molecule has 0 aromatic carbocycles. The van der Waals surface area contributed by atoms with Crippen molar-refractivity contribution < 1.29 is 4.79 Å². The molecule has 122 valence electrons. The van der Waals surface area contributed by atoms with Crippen LogP contribution < -0.4 is 10.2 Å². The fourth-order valence-electron chi connectivity index (χ4n) is 3.57. The van der Waals surface area contributed by atoms with Crippen LogP contribution in [0.4, 0.5) is 5.82 Å². The van der Waals surface area contributed by atoms with Gasteiger partial charge in [0.15, 0.2) is 11.5 Å². The molecule has 2 aliphatic rings. The lowest BCUT2D eigenvalue weighted by atomic mass is 9.96. The molecule has 0 radical (unpaired) electrons. The second-order valence-corrected chi connectivity index (χ2v) is 6.50. The Hall–Kier alpha value is -2.16. The standard InChI is InChI=1S/C17H23N5O/c18-11-15-16(20-8-7-19-15)22-9-5-13(6-10-22)12-21-17(23)14-3-1-2-4-14/h7-8,13-14H,1-6,9-10,12H2,(H,21,23). The van der Waals surface area contributed by atoms with Crippen molar-refractivity contribution in [2.24, 2.45) is 11.8 Å². The molecule has 2 fully saturated rings. The number of piperidine rings is 1. The van der Waals surface area contributed by atoms with Crippen LogP contribution in [-0.2, 0) is 4.79 Å². The number of hydrogen-bond donors (Lipinski definition) is 1. The predicted octanol–water partition coefficient (Wildman–Crippen LogP) is 1.87. The SMILES string of the molecule is N#Cc1nccnc1N1CCC(CNC(=O)C2CCCC2)CC1. The van der Waals surface area contributed by atoms with E-state index in [1.54, 1.807) is 12.4 Å². The summed E-state index contributed by atoms with van der Waals surface area (Å²) < 4.78 is 0. The minimum Gasteiger partial charge on any atom is -0.356 e. The summed E-state index contributed by atoms with van der Waals surface area (Å²) in [6.07, 6.45) is 9.67. The van der Waals surface area contributed by atoms with Crippen LogP contribution in [-0.4, -0.2) is 35.5 Å². The minimum absolute atomic E-state index is 0.241. The average Bonchev–Trinajstić information content (AvgIpc) is 3.15. The van der Waals surface area contributed by atoms with Crippen LogP contribution in [0, 0.1) is 23.2 Å². The first-order valence-electron chi connectivity index (χ1n) is 8.51. The molecule has 6 heteroatoms. The van der Waals surface area contributed by atoms with Crippen molar-refractivity contribution >= 4 is 11.7 Å². The molecule has 6 nitrogen and oxygen atoms in total. The molecule has 1 aliphatic carbocycles. The summed E-state index contributed by atoms with van der Waals surface area (Å²) in [5.41, 5.74) is 0.389. The fourth-order valence-corrected chi connectivity index (χ4v) is 3.57. The minimum atomic E-state index is 0.241. The number of aromatic nitrogens is 2. The summed E-state index contributed by atoms with van der Waals surface area (Å²) in [6, 6.07) is 2.10. The largest absolute Gasteiger partial charge is 0.356 e. The van der Waals surface area contributed by atoms with E-state index in [4.69, 9.17) is 5.26 Å². The number of carbonyl (C=O) groups excluding carboxylic acids is 1. The Labute approximate surface area is 136 Å². The Morgan fingerprint density at radius 1 is 1.22 bits per heavy atom. The van der Waals surface area contributed by atoms with Crippen LogP contribution in [0.5, 0.6) is 0 Å². The quantitative estimate of drug-likeness (QED) is 0.917. The maximum absolute atomic E-state index is 12.1. The number of nitriles is 1. The van der Waals surface area contributed by atoms with Gasteiger partial charge in [-0.3, -0.25) is 4.79 Å². The molecule has 1 saturated carbocycles. The highest BCUT2D eigenvalue weighted by molar-refractivity contribution is 5.78. The lowest BCUT2D eigenvalue weighted by Gasteiger charge is -2.33. The molecule has 1 saturated heterocycles. The van der Waals surface area contributed by atoms with Crippen LogP contribution >= 0.6 is 0 Å². The Morgan fingerprint density at radius 2 is 1.91 bits per heavy atom. The smallest absolute Gasteiger partial charge is 0.223 e. The van der Waals surface area contributed by atoms with Gasteiger partial charge in [-0.2, -0.15) is 5.26 Å². The molecule has 1 aromatic heterocycles. The van der Waals surface area contributed by atoms with E-state index >= 15 is 0 Å². The maximum Gasteiger partial charge on any atom is 0.223 e. The molecule has 23 heavy (non-hydrogen) atoms. The monoisotopic (exact) mass is 313 g/mol. The van der Waals surface area contributed by atoms with Crippen molar-refractivity contribution in [1.82, 2.24) is 15.3 Å². The van der Waals surface area contributed by atoms with Gasteiger partial charge in [-0.25, -0.2) is 9.97 Å². The number of amides is 1. The van der Waals surface area contributed by atoms with Gasteiger partial charge in [-0.05, 0) is 31.6 Å². The van der Waals surface area contributed by atoms with Gasteiger partial charge in [-0.15, -0.1) is 0 Å². The van der Waals surface area contributed by atoms with Crippen LogP contribution in [0.15, 0.2) is 12.4 Å². The summed E-state index contributed by atoms with van der Waals surface area (Å²) in [5.74, 6) is 1.68. The molecule has 0 spiro atoms. The summed E-state index contributed by atoms with van der Waals surface area (Å²) in [5, 5.41) is 12.3. The highest BCUT2D eigenvalue weighted by Gasteiger charge is 2.25. The molecule has 1 aromatic rings. The van der Waals surface area contributed by atoms with Gasteiger partial charge in [0.1, 0.15) is 6.07 Å². The Kier molecular flexibility index (Phi) is 5.06. The van der Waals surface area contributed by atoms with Crippen LogP contribution in [0.25, 0.3) is 0 Å². The first-order chi connectivity index (χ1) is 11.3. The van der Waals surface area contributed by atoms with E-state index in [1.165, 1.54) is 12.8 Å². The summed E-state index contributed by atoms with van der Waals surface area (Å²) in [4.78, 5) is 22.6. The summed E-state index contributed by atoms with van der Waals surface area (Å²) in [6.45, 7) is 2.49. The number of hydrogen-bond acceptors (Lipinski definition) is 5. The molecular weight excluding hydrogens is 290 g/mol. The van der Waals surface area contributed by atoms with Gasteiger partial charge in [0.2, 0.25) is 5.91 Å². The zero-order valence-electron chi connectivity index (χ0n) is 13.4. The van der Waals surface area contributed by atoms with Crippen molar-refractivity contribution in [3.63, 3.8) is 0 Å². The lowest BCUT2D eigenvalue weighted by molar-refractivity contribution is -0.125. The molecule has 1 amide bonds. The van der Waals surface area contributed by atoms with E-state index in [9.17, 15) is 4.79 Å². The third-order valence-corrected chi connectivity index (χ3v) is 4.99. The van der Waals surface area contributed by atoms with E-state index in [2.05, 4.69) is 26.3 Å². The van der Waals surface area contributed by atoms with Gasteiger partial charge in [0.25, 0.3) is 0 Å². The molecule has 0 unspecified atom stereocenters. The lowest BCUT2D eigenvalue weighted by Crippen LogP contribution is -2.40. The van der Waals surface area contributed by atoms with E-state index in [1.807, 2.05) is 0 Å². The molecule has 0 bridgehead atoms.